The van der Waals surface area contributed by atoms with Crippen molar-refractivity contribution >= 4 is 0 Å². The van der Waals surface area contributed by atoms with Crippen molar-refractivity contribution in [1.29, 1.82) is 0 Å². The summed E-state index contributed by atoms with van der Waals surface area (Å²) in [4.78, 5) is 0. The second kappa shape index (κ2) is 27.1. The summed E-state index contributed by atoms with van der Waals surface area (Å²) in [6.07, 6.45) is 23.1. The van der Waals surface area contributed by atoms with E-state index in [-0.39, 0.29) is 0 Å². The van der Waals surface area contributed by atoms with Crippen LogP contribution in [-0.2, 0) is 0 Å². The summed E-state index contributed by atoms with van der Waals surface area (Å²) in [7, 11) is 0. The lowest BCUT2D eigenvalue weighted by atomic mass is 10.0. The maximum Gasteiger partial charge on any atom is 0.0674 e. The minimum atomic E-state index is -0.398. The lowest BCUT2D eigenvalue weighted by Gasteiger charge is -2.03. The van der Waals surface area contributed by atoms with Gasteiger partial charge in [-0.05, 0) is 25.9 Å². The van der Waals surface area contributed by atoms with Crippen molar-refractivity contribution < 1.29 is 5.11 Å². The van der Waals surface area contributed by atoms with Crippen LogP contribution in [0.15, 0.2) is 0 Å². The van der Waals surface area contributed by atoms with E-state index in [1.54, 1.807) is 0 Å². The Hall–Kier alpha value is -0.160. The summed E-state index contributed by atoms with van der Waals surface area (Å²) in [5.41, 5.74) is 15.6. The molecule has 26 heavy (non-hydrogen) atoms. The highest BCUT2D eigenvalue weighted by Crippen LogP contribution is 2.13. The zero-order valence-electron chi connectivity index (χ0n) is 17.9. The summed E-state index contributed by atoms with van der Waals surface area (Å²) >= 11 is 0. The zero-order valence-corrected chi connectivity index (χ0v) is 17.9. The predicted molar refractivity (Wildman–Crippen MR) is 117 cm³/mol. The Balaban J connectivity index is 0. The third-order valence-electron chi connectivity index (χ3n) is 4.83. The largest absolute Gasteiger partial charge is 0.392 e. The summed E-state index contributed by atoms with van der Waals surface area (Å²) in [6.45, 7) is 3.99. The molecular formula is C22H51N3O. The van der Waals surface area contributed by atoms with Gasteiger partial charge < -0.3 is 22.3 Å². The van der Waals surface area contributed by atoms with Gasteiger partial charge in [-0.2, -0.15) is 0 Å². The SMILES string of the molecule is CCCCCCCCCCCCCCCCCCN.NCCC(O)CN. The topological polar surface area (TPSA) is 98.3 Å². The van der Waals surface area contributed by atoms with Crippen LogP contribution in [0.3, 0.4) is 0 Å². The fourth-order valence-electron chi connectivity index (χ4n) is 3.00. The average Bonchev–Trinajstić information content (AvgIpc) is 2.65. The lowest BCUT2D eigenvalue weighted by Crippen LogP contribution is -2.22. The van der Waals surface area contributed by atoms with Gasteiger partial charge in [0.05, 0.1) is 6.10 Å². The summed E-state index contributed by atoms with van der Waals surface area (Å²) < 4.78 is 0. The van der Waals surface area contributed by atoms with Crippen molar-refractivity contribution in [2.75, 3.05) is 19.6 Å². The molecule has 0 saturated heterocycles. The quantitative estimate of drug-likeness (QED) is 0.243. The summed E-state index contributed by atoms with van der Waals surface area (Å²) in [5, 5.41) is 8.65. The molecule has 4 nitrogen and oxygen atoms in total. The Bertz CT molecular complexity index is 211. The minimum Gasteiger partial charge on any atom is -0.392 e. The smallest absolute Gasteiger partial charge is 0.0674 e. The molecule has 0 heterocycles. The Kier molecular flexibility index (Phi) is 29.2. The van der Waals surface area contributed by atoms with Gasteiger partial charge in [0, 0.05) is 6.54 Å². The van der Waals surface area contributed by atoms with Crippen LogP contribution in [-0.4, -0.2) is 30.8 Å². The van der Waals surface area contributed by atoms with E-state index >= 15 is 0 Å². The summed E-state index contributed by atoms with van der Waals surface area (Å²) in [5.74, 6) is 0. The normalized spacial score (nSPS) is 11.9. The van der Waals surface area contributed by atoms with Gasteiger partial charge in [0.25, 0.3) is 0 Å². The molecule has 0 fully saturated rings. The minimum absolute atomic E-state index is 0.317. The Morgan fingerprint density at radius 1 is 0.538 bits per heavy atom. The first-order chi connectivity index (χ1) is 12.7. The average molecular weight is 374 g/mol. The Labute approximate surface area is 164 Å². The highest BCUT2D eigenvalue weighted by atomic mass is 16.3. The van der Waals surface area contributed by atoms with E-state index in [0.717, 1.165) is 6.54 Å². The van der Waals surface area contributed by atoms with Crippen LogP contribution in [0.1, 0.15) is 116 Å². The number of rotatable bonds is 19. The molecule has 0 aliphatic heterocycles. The molecule has 0 bridgehead atoms. The van der Waals surface area contributed by atoms with E-state index in [9.17, 15) is 0 Å². The number of hydrogen-bond acceptors (Lipinski definition) is 4. The van der Waals surface area contributed by atoms with Crippen LogP contribution < -0.4 is 17.2 Å². The molecule has 4 heteroatoms. The number of aliphatic hydroxyl groups excluding tert-OH is 1. The first-order valence-electron chi connectivity index (χ1n) is 11.5. The molecule has 0 aromatic heterocycles. The van der Waals surface area contributed by atoms with Crippen LogP contribution in [0.4, 0.5) is 0 Å². The molecule has 0 saturated carbocycles. The number of hydrogen-bond donors (Lipinski definition) is 4. The first kappa shape index (κ1) is 28.1. The van der Waals surface area contributed by atoms with E-state index in [1.807, 2.05) is 0 Å². The van der Waals surface area contributed by atoms with Crippen LogP contribution in [0.25, 0.3) is 0 Å². The van der Waals surface area contributed by atoms with Crippen LogP contribution in [0.5, 0.6) is 0 Å². The van der Waals surface area contributed by atoms with Crippen molar-refractivity contribution in [3.63, 3.8) is 0 Å². The number of nitrogens with two attached hydrogens (primary N) is 3. The molecule has 0 amide bonds. The monoisotopic (exact) mass is 373 g/mol. The van der Waals surface area contributed by atoms with E-state index in [0.29, 0.717) is 19.5 Å². The van der Waals surface area contributed by atoms with Gasteiger partial charge in [-0.3, -0.25) is 0 Å². The molecule has 0 aromatic carbocycles. The highest BCUT2D eigenvalue weighted by Gasteiger charge is 1.95. The third kappa shape index (κ3) is 28.6. The Morgan fingerprint density at radius 2 is 0.885 bits per heavy atom. The van der Waals surface area contributed by atoms with Gasteiger partial charge in [0.1, 0.15) is 0 Å². The lowest BCUT2D eigenvalue weighted by molar-refractivity contribution is 0.175. The zero-order chi connectivity index (χ0) is 19.7. The van der Waals surface area contributed by atoms with E-state index in [2.05, 4.69) is 6.92 Å². The van der Waals surface area contributed by atoms with Crippen LogP contribution in [0.2, 0.25) is 0 Å². The van der Waals surface area contributed by atoms with Gasteiger partial charge in [0.2, 0.25) is 0 Å². The van der Waals surface area contributed by atoms with Crippen molar-refractivity contribution in [3.8, 4) is 0 Å². The molecule has 1 atom stereocenters. The van der Waals surface area contributed by atoms with Crippen molar-refractivity contribution in [2.24, 2.45) is 17.2 Å². The molecular weight excluding hydrogens is 322 g/mol. The number of aliphatic hydroxyl groups is 1. The Morgan fingerprint density at radius 3 is 1.12 bits per heavy atom. The maximum atomic E-state index is 8.65. The molecule has 1 unspecified atom stereocenters. The molecule has 0 aliphatic rings. The van der Waals surface area contributed by atoms with Crippen molar-refractivity contribution in [1.82, 2.24) is 0 Å². The van der Waals surface area contributed by atoms with Gasteiger partial charge in [0.15, 0.2) is 0 Å². The summed E-state index contributed by atoms with van der Waals surface area (Å²) in [6, 6.07) is 0. The molecule has 160 valence electrons. The van der Waals surface area contributed by atoms with Crippen molar-refractivity contribution in [2.45, 2.75) is 122 Å². The molecule has 0 aliphatic carbocycles. The predicted octanol–water partition coefficient (Wildman–Crippen LogP) is 4.86. The molecule has 0 aromatic rings. The molecule has 0 spiro atoms. The van der Waals surface area contributed by atoms with Crippen LogP contribution >= 0.6 is 0 Å². The number of unbranched alkanes of at least 4 members (excludes halogenated alkanes) is 15. The van der Waals surface area contributed by atoms with E-state index in [4.69, 9.17) is 22.3 Å². The van der Waals surface area contributed by atoms with Gasteiger partial charge in [-0.15, -0.1) is 0 Å². The maximum absolute atomic E-state index is 8.65. The van der Waals surface area contributed by atoms with E-state index < -0.39 is 6.10 Å². The molecule has 7 N–H and O–H groups in total. The van der Waals surface area contributed by atoms with Gasteiger partial charge >= 0.3 is 0 Å². The second-order valence-electron chi connectivity index (χ2n) is 7.56. The molecule has 0 radical (unpaired) electrons. The highest BCUT2D eigenvalue weighted by molar-refractivity contribution is 4.54. The molecule has 0 rings (SSSR count). The fourth-order valence-corrected chi connectivity index (χ4v) is 3.00. The van der Waals surface area contributed by atoms with Crippen LogP contribution in [0, 0.1) is 0 Å². The van der Waals surface area contributed by atoms with E-state index in [1.165, 1.54) is 103 Å². The van der Waals surface area contributed by atoms with Gasteiger partial charge in [-0.25, -0.2) is 0 Å². The third-order valence-corrected chi connectivity index (χ3v) is 4.83. The standard InChI is InChI=1S/C18H39N.C4H12N2O/c1-2-3-4-5-6-7-8-9-10-11-12-13-14-15-16-17-18-19;5-2-1-4(7)3-6/h2-19H2,1H3;4,7H,1-3,5-6H2. The van der Waals surface area contributed by atoms with Crippen molar-refractivity contribution in [3.05, 3.63) is 0 Å². The van der Waals surface area contributed by atoms with Gasteiger partial charge in [-0.1, -0.05) is 103 Å². The fraction of sp³-hybridized carbons (Fsp3) is 1.00. The second-order valence-corrected chi connectivity index (χ2v) is 7.56. The first-order valence-corrected chi connectivity index (χ1v) is 11.5.